The molecule has 2 aromatic rings. The standard InChI is InChI=1S/C14H14BrClN2O3/c1-14(2,7-12(19)20)6-11-17-18-13(21-11)8-3-4-10(16)9(15)5-8/h3-5H,6-7H2,1-2H3,(H,19,20). The summed E-state index contributed by atoms with van der Waals surface area (Å²) in [5.74, 6) is -0.0443. The molecule has 112 valence electrons. The van der Waals surface area contributed by atoms with E-state index < -0.39 is 11.4 Å². The van der Waals surface area contributed by atoms with Crippen LogP contribution in [-0.4, -0.2) is 21.3 Å². The summed E-state index contributed by atoms with van der Waals surface area (Å²) in [4.78, 5) is 10.8. The Kier molecular flexibility index (Phi) is 4.68. The minimum absolute atomic E-state index is 0.0389. The van der Waals surface area contributed by atoms with E-state index in [2.05, 4.69) is 26.1 Å². The summed E-state index contributed by atoms with van der Waals surface area (Å²) in [5, 5.41) is 17.5. The van der Waals surface area contributed by atoms with Gasteiger partial charge in [0.2, 0.25) is 11.8 Å². The van der Waals surface area contributed by atoms with E-state index in [-0.39, 0.29) is 6.42 Å². The third kappa shape index (κ3) is 4.28. The number of aliphatic carboxylic acids is 1. The van der Waals surface area contributed by atoms with Crippen LogP contribution < -0.4 is 0 Å². The van der Waals surface area contributed by atoms with Gasteiger partial charge in [-0.1, -0.05) is 25.4 Å². The van der Waals surface area contributed by atoms with Crippen molar-refractivity contribution in [1.82, 2.24) is 10.2 Å². The smallest absolute Gasteiger partial charge is 0.303 e. The van der Waals surface area contributed by atoms with E-state index in [1.165, 1.54) is 0 Å². The summed E-state index contributed by atoms with van der Waals surface area (Å²) >= 11 is 9.28. The summed E-state index contributed by atoms with van der Waals surface area (Å²) < 4.78 is 6.35. The molecule has 1 aromatic heterocycles. The van der Waals surface area contributed by atoms with Gasteiger partial charge in [-0.3, -0.25) is 4.79 Å². The highest BCUT2D eigenvalue weighted by Crippen LogP contribution is 2.30. The number of nitrogens with zero attached hydrogens (tertiary/aromatic N) is 2. The Hall–Kier alpha value is -1.40. The molecule has 0 aliphatic heterocycles. The van der Waals surface area contributed by atoms with Crippen LogP contribution in [0.2, 0.25) is 5.02 Å². The van der Waals surface area contributed by atoms with E-state index in [0.717, 1.165) is 10.0 Å². The fourth-order valence-electron chi connectivity index (χ4n) is 1.95. The van der Waals surface area contributed by atoms with E-state index in [9.17, 15) is 4.79 Å². The van der Waals surface area contributed by atoms with Crippen LogP contribution in [0.15, 0.2) is 27.1 Å². The highest BCUT2D eigenvalue weighted by molar-refractivity contribution is 9.10. The first-order chi connectivity index (χ1) is 9.77. The predicted octanol–water partition coefficient (Wildman–Crippen LogP) is 4.20. The first kappa shape index (κ1) is 16.0. The van der Waals surface area contributed by atoms with E-state index in [1.54, 1.807) is 18.2 Å². The van der Waals surface area contributed by atoms with Crippen LogP contribution in [0.1, 0.15) is 26.2 Å². The summed E-state index contributed by atoms with van der Waals surface area (Å²) in [5.41, 5.74) is 0.303. The van der Waals surface area contributed by atoms with Crippen molar-refractivity contribution in [3.63, 3.8) is 0 Å². The number of hydrogen-bond acceptors (Lipinski definition) is 4. The largest absolute Gasteiger partial charge is 0.481 e. The molecule has 0 bridgehead atoms. The number of rotatable bonds is 5. The molecule has 7 heteroatoms. The molecule has 0 unspecified atom stereocenters. The average molecular weight is 374 g/mol. The van der Waals surface area contributed by atoms with Crippen LogP contribution in [0.4, 0.5) is 0 Å². The van der Waals surface area contributed by atoms with Gasteiger partial charge in [0.1, 0.15) is 0 Å². The summed E-state index contributed by atoms with van der Waals surface area (Å²) in [7, 11) is 0. The molecule has 1 N–H and O–H groups in total. The van der Waals surface area contributed by atoms with Crippen LogP contribution in [0, 0.1) is 5.41 Å². The molecular formula is C14H14BrClN2O3. The molecule has 1 heterocycles. The maximum Gasteiger partial charge on any atom is 0.303 e. The molecule has 0 saturated carbocycles. The molecule has 1 aromatic carbocycles. The maximum absolute atomic E-state index is 10.8. The number of benzene rings is 1. The van der Waals surface area contributed by atoms with Crippen molar-refractivity contribution < 1.29 is 14.3 Å². The summed E-state index contributed by atoms with van der Waals surface area (Å²) in [6.45, 7) is 3.70. The fourth-order valence-corrected chi connectivity index (χ4v) is 2.45. The van der Waals surface area contributed by atoms with Gasteiger partial charge >= 0.3 is 5.97 Å². The molecule has 0 atom stereocenters. The Bertz CT molecular complexity index is 670. The van der Waals surface area contributed by atoms with E-state index in [1.807, 2.05) is 13.8 Å². The van der Waals surface area contributed by atoms with Gasteiger partial charge in [0.15, 0.2) is 0 Å². The van der Waals surface area contributed by atoms with Crippen molar-refractivity contribution in [2.75, 3.05) is 0 Å². The van der Waals surface area contributed by atoms with Gasteiger partial charge in [0.25, 0.3) is 0 Å². The fraction of sp³-hybridized carbons (Fsp3) is 0.357. The molecule has 5 nitrogen and oxygen atoms in total. The van der Waals surface area contributed by atoms with Crippen LogP contribution in [0.3, 0.4) is 0 Å². The molecule has 0 radical (unpaired) electrons. The molecule has 0 aliphatic carbocycles. The first-order valence-electron chi connectivity index (χ1n) is 6.26. The minimum atomic E-state index is -0.846. The lowest BCUT2D eigenvalue weighted by atomic mass is 9.86. The third-order valence-corrected chi connectivity index (χ3v) is 4.11. The van der Waals surface area contributed by atoms with Gasteiger partial charge in [-0.15, -0.1) is 10.2 Å². The molecule has 0 amide bonds. The number of carboxylic acids is 1. The van der Waals surface area contributed by atoms with E-state index in [4.69, 9.17) is 21.1 Å². The molecular weight excluding hydrogens is 360 g/mol. The zero-order valence-corrected chi connectivity index (χ0v) is 13.9. The Labute approximate surface area is 135 Å². The summed E-state index contributed by atoms with van der Waals surface area (Å²) in [6, 6.07) is 5.31. The molecule has 2 rings (SSSR count). The molecule has 0 spiro atoms. The normalized spacial score (nSPS) is 11.6. The zero-order valence-electron chi connectivity index (χ0n) is 11.6. The lowest BCUT2D eigenvalue weighted by Gasteiger charge is -2.19. The van der Waals surface area contributed by atoms with Crippen molar-refractivity contribution in [2.24, 2.45) is 5.41 Å². The third-order valence-electron chi connectivity index (χ3n) is 2.89. The van der Waals surface area contributed by atoms with Crippen LogP contribution in [0.5, 0.6) is 0 Å². The van der Waals surface area contributed by atoms with Crippen molar-refractivity contribution in [3.05, 3.63) is 33.6 Å². The Morgan fingerprint density at radius 1 is 1.43 bits per heavy atom. The highest BCUT2D eigenvalue weighted by Gasteiger charge is 2.25. The predicted molar refractivity (Wildman–Crippen MR) is 82.2 cm³/mol. The van der Waals surface area contributed by atoms with Gasteiger partial charge < -0.3 is 9.52 Å². The SMILES string of the molecule is CC(C)(CC(=O)O)Cc1nnc(-c2ccc(Cl)c(Br)c2)o1. The maximum atomic E-state index is 10.8. The first-order valence-corrected chi connectivity index (χ1v) is 7.43. The van der Waals surface area contributed by atoms with Crippen LogP contribution >= 0.6 is 27.5 Å². The topological polar surface area (TPSA) is 76.2 Å². The van der Waals surface area contributed by atoms with Gasteiger partial charge in [0.05, 0.1) is 11.4 Å². The lowest BCUT2D eigenvalue weighted by molar-refractivity contribution is -0.139. The van der Waals surface area contributed by atoms with Crippen molar-refractivity contribution in [2.45, 2.75) is 26.7 Å². The number of aromatic nitrogens is 2. The minimum Gasteiger partial charge on any atom is -0.481 e. The lowest BCUT2D eigenvalue weighted by Crippen LogP contribution is -2.19. The Morgan fingerprint density at radius 2 is 2.14 bits per heavy atom. The summed E-state index contributed by atoms with van der Waals surface area (Å²) in [6.07, 6.45) is 0.443. The van der Waals surface area contributed by atoms with Gasteiger partial charge in [-0.2, -0.15) is 0 Å². The van der Waals surface area contributed by atoms with Gasteiger partial charge in [-0.05, 0) is 39.5 Å². The quantitative estimate of drug-likeness (QED) is 0.850. The van der Waals surface area contributed by atoms with Gasteiger partial charge in [0, 0.05) is 16.5 Å². The van der Waals surface area contributed by atoms with Crippen LogP contribution in [0.25, 0.3) is 11.5 Å². The average Bonchev–Trinajstić information content (AvgIpc) is 2.78. The second-order valence-electron chi connectivity index (χ2n) is 5.54. The number of hydrogen-bond donors (Lipinski definition) is 1. The number of halogens is 2. The van der Waals surface area contributed by atoms with E-state index >= 15 is 0 Å². The molecule has 0 aliphatic rings. The van der Waals surface area contributed by atoms with Crippen molar-refractivity contribution in [1.29, 1.82) is 0 Å². The van der Waals surface area contributed by atoms with E-state index in [0.29, 0.717) is 23.2 Å². The monoisotopic (exact) mass is 372 g/mol. The number of carbonyl (C=O) groups is 1. The highest BCUT2D eigenvalue weighted by atomic mass is 79.9. The Morgan fingerprint density at radius 3 is 2.76 bits per heavy atom. The molecule has 21 heavy (non-hydrogen) atoms. The molecule has 0 fully saturated rings. The van der Waals surface area contributed by atoms with Crippen molar-refractivity contribution >= 4 is 33.5 Å². The zero-order chi connectivity index (χ0) is 15.6. The number of carboxylic acid groups (broad SMARTS) is 1. The Balaban J connectivity index is 2.18. The second-order valence-corrected chi connectivity index (χ2v) is 6.80. The van der Waals surface area contributed by atoms with Crippen molar-refractivity contribution in [3.8, 4) is 11.5 Å². The van der Waals surface area contributed by atoms with Crippen LogP contribution in [-0.2, 0) is 11.2 Å². The second kappa shape index (κ2) is 6.15. The van der Waals surface area contributed by atoms with Gasteiger partial charge in [-0.25, -0.2) is 0 Å². The molecule has 0 saturated heterocycles.